The van der Waals surface area contributed by atoms with E-state index in [4.69, 9.17) is 24.1 Å². The van der Waals surface area contributed by atoms with Crippen molar-refractivity contribution >= 4 is 60.5 Å². The zero-order valence-electron chi connectivity index (χ0n) is 31.1. The maximum absolute atomic E-state index is 12.8. The van der Waals surface area contributed by atoms with Gasteiger partial charge in [-0.2, -0.15) is 12.6 Å². The van der Waals surface area contributed by atoms with E-state index in [1.165, 1.54) is 0 Å². The Kier molecular flexibility index (Phi) is 27.0. The molecule has 0 aliphatic carbocycles. The largest absolute Gasteiger partial charge is 0.481 e. The summed E-state index contributed by atoms with van der Waals surface area (Å²) in [5.74, 6) is -5.56. The van der Waals surface area contributed by atoms with E-state index in [2.05, 4.69) is 33.3 Å². The van der Waals surface area contributed by atoms with E-state index in [9.17, 15) is 48.6 Å². The number of ether oxygens (including phenoxy) is 5. The van der Waals surface area contributed by atoms with Crippen LogP contribution in [0.15, 0.2) is 30.3 Å². The number of hydrogen-bond acceptors (Lipinski definition) is 14. The number of thiol groups is 1. The number of Topliss-reactive ketones (excluding diaryl/α,β-unsaturated/α-hetero) is 2. The topological polar surface area (TPSA) is 279 Å². The minimum Gasteiger partial charge on any atom is -0.481 e. The van der Waals surface area contributed by atoms with Gasteiger partial charge >= 0.3 is 23.9 Å². The first-order valence-corrected chi connectivity index (χ1v) is 18.6. The van der Waals surface area contributed by atoms with Crippen LogP contribution >= 0.6 is 12.6 Å². The lowest BCUT2D eigenvalue weighted by Crippen LogP contribution is -2.49. The molecule has 3 amide bonds. The van der Waals surface area contributed by atoms with Crippen molar-refractivity contribution in [1.29, 1.82) is 0 Å². The van der Waals surface area contributed by atoms with Gasteiger partial charge in [0.25, 0.3) is 6.47 Å². The van der Waals surface area contributed by atoms with Crippen LogP contribution in [0.25, 0.3) is 0 Å². The van der Waals surface area contributed by atoms with Crippen LogP contribution in [0, 0.1) is 5.92 Å². The third kappa shape index (κ3) is 24.7. The molecule has 19 nitrogen and oxygen atoms in total. The molecule has 20 heteroatoms. The summed E-state index contributed by atoms with van der Waals surface area (Å²) in [4.78, 5) is 93.9. The van der Waals surface area contributed by atoms with Crippen molar-refractivity contribution in [3.63, 3.8) is 0 Å². The summed E-state index contributed by atoms with van der Waals surface area (Å²) in [5.41, 5.74) is 0.843. The molecule has 56 heavy (non-hydrogen) atoms. The molecule has 6 N–H and O–H groups in total. The molecule has 1 aromatic carbocycles. The van der Waals surface area contributed by atoms with Crippen molar-refractivity contribution in [3.8, 4) is 0 Å². The summed E-state index contributed by atoms with van der Waals surface area (Å²) in [6.07, 6.45) is -1.42. The maximum atomic E-state index is 12.8. The molecule has 0 aliphatic rings. The van der Waals surface area contributed by atoms with E-state index in [1.54, 1.807) is 0 Å². The second-order valence-corrected chi connectivity index (χ2v) is 12.6. The second kappa shape index (κ2) is 30.6. The summed E-state index contributed by atoms with van der Waals surface area (Å²) in [6, 6.07) is 5.55. The highest BCUT2D eigenvalue weighted by Gasteiger charge is 2.27. The number of amides is 3. The standard InChI is InChI=1S/C36H53N3O16S/c40-24-55-31(10-11-32(43)44)39-36(50)38-29(34(46)47)9-8-27(41)7-4-13-51-15-17-53-19-20-54-18-16-52-14-12-28(42)22-26(21-25-5-2-1-3-6-25)33(45)37-30(23-56)35(48)49/h1-3,5-6,24,26,29-31,56H,4,7-23H2,(H,37,45)(H,43,44)(H,46,47)(H,48,49)(H2,38,39,50)/t26-,29+,30+,31-/m1/s1. The Labute approximate surface area is 329 Å². The van der Waals surface area contributed by atoms with Crippen molar-refractivity contribution in [2.75, 3.05) is 58.6 Å². The average Bonchev–Trinajstić information content (AvgIpc) is 3.15. The molecule has 1 rings (SSSR count). The van der Waals surface area contributed by atoms with Crippen LogP contribution in [-0.4, -0.2) is 140 Å². The van der Waals surface area contributed by atoms with Gasteiger partial charge in [-0.05, 0) is 24.8 Å². The first-order chi connectivity index (χ1) is 26.9. The van der Waals surface area contributed by atoms with Gasteiger partial charge in [0, 0.05) is 50.4 Å². The van der Waals surface area contributed by atoms with Gasteiger partial charge in [0.15, 0.2) is 6.23 Å². The van der Waals surface area contributed by atoms with Gasteiger partial charge in [0.1, 0.15) is 23.7 Å². The summed E-state index contributed by atoms with van der Waals surface area (Å²) < 4.78 is 26.4. The van der Waals surface area contributed by atoms with Crippen LogP contribution in [0.3, 0.4) is 0 Å². The Hall–Kier alpha value is -4.63. The van der Waals surface area contributed by atoms with Gasteiger partial charge in [-0.3, -0.25) is 24.0 Å². The molecule has 0 aromatic heterocycles. The molecule has 0 radical (unpaired) electrons. The predicted molar refractivity (Wildman–Crippen MR) is 199 cm³/mol. The fourth-order valence-corrected chi connectivity index (χ4v) is 5.10. The number of carboxylic acid groups (broad SMARTS) is 3. The monoisotopic (exact) mass is 815 g/mol. The molecule has 0 saturated carbocycles. The molecule has 0 aliphatic heterocycles. The molecule has 0 unspecified atom stereocenters. The number of urea groups is 1. The van der Waals surface area contributed by atoms with Crippen LogP contribution in [-0.2, 0) is 63.7 Å². The zero-order valence-corrected chi connectivity index (χ0v) is 32.0. The molecular weight excluding hydrogens is 762 g/mol. The molecule has 0 bridgehead atoms. The van der Waals surface area contributed by atoms with Crippen molar-refractivity contribution in [1.82, 2.24) is 16.0 Å². The number of carboxylic acids is 3. The van der Waals surface area contributed by atoms with E-state index in [-0.39, 0.29) is 108 Å². The lowest BCUT2D eigenvalue weighted by atomic mass is 9.92. The van der Waals surface area contributed by atoms with Gasteiger partial charge in [0.2, 0.25) is 5.91 Å². The molecule has 314 valence electrons. The lowest BCUT2D eigenvalue weighted by Gasteiger charge is -2.19. The zero-order chi connectivity index (χ0) is 41.6. The summed E-state index contributed by atoms with van der Waals surface area (Å²) in [6.45, 7) is 2.08. The molecule has 0 fully saturated rings. The van der Waals surface area contributed by atoms with E-state index in [0.29, 0.717) is 19.6 Å². The van der Waals surface area contributed by atoms with Crippen LogP contribution in [0.5, 0.6) is 0 Å². The fraction of sp³-hybridized carbons (Fsp3) is 0.611. The predicted octanol–water partition coefficient (Wildman–Crippen LogP) is 1.01. The van der Waals surface area contributed by atoms with Crippen LogP contribution in [0.1, 0.15) is 56.9 Å². The van der Waals surface area contributed by atoms with E-state index < -0.39 is 60.5 Å². The SMILES string of the molecule is O=CO[C@H](CCC(=O)O)NC(=O)N[C@@H](CCC(=O)CCCOCCOCCOCCOCCC(=O)C[C@@H](Cc1ccccc1)C(=O)N[C@@H](CS)C(=O)O)C(=O)O. The van der Waals surface area contributed by atoms with Crippen molar-refractivity contribution < 1.29 is 77.4 Å². The normalized spacial score (nSPS) is 13.0. The Balaban J connectivity index is 2.13. The molecule has 0 saturated heterocycles. The number of rotatable bonds is 35. The van der Waals surface area contributed by atoms with Gasteiger partial charge in [-0.25, -0.2) is 14.4 Å². The van der Waals surface area contributed by atoms with Crippen molar-refractivity contribution in [2.24, 2.45) is 5.92 Å². The minimum absolute atomic E-state index is 0.0235. The molecule has 1 aromatic rings. The van der Waals surface area contributed by atoms with Crippen molar-refractivity contribution in [3.05, 3.63) is 35.9 Å². The van der Waals surface area contributed by atoms with Gasteiger partial charge in [0.05, 0.1) is 52.7 Å². The molecule has 0 heterocycles. The number of hydrogen-bond donors (Lipinski definition) is 7. The van der Waals surface area contributed by atoms with Gasteiger partial charge in [-0.1, -0.05) is 30.3 Å². The molecule has 0 spiro atoms. The number of carbonyl (C=O) groups is 8. The molecule has 4 atom stereocenters. The van der Waals surface area contributed by atoms with Crippen LogP contribution < -0.4 is 16.0 Å². The maximum Gasteiger partial charge on any atom is 0.327 e. The lowest BCUT2D eigenvalue weighted by molar-refractivity contribution is -0.142. The smallest absolute Gasteiger partial charge is 0.327 e. The van der Waals surface area contributed by atoms with Crippen molar-refractivity contribution in [2.45, 2.75) is 76.1 Å². The minimum atomic E-state index is -1.41. The fourth-order valence-electron chi connectivity index (χ4n) is 4.86. The van der Waals surface area contributed by atoms with E-state index in [1.807, 2.05) is 30.3 Å². The van der Waals surface area contributed by atoms with E-state index >= 15 is 0 Å². The Bertz CT molecular complexity index is 1370. The first kappa shape index (κ1) is 49.4. The number of carbonyl (C=O) groups excluding carboxylic acids is 5. The quantitative estimate of drug-likeness (QED) is 0.0218. The summed E-state index contributed by atoms with van der Waals surface area (Å²) in [5, 5.41) is 34.2. The third-order valence-corrected chi connectivity index (χ3v) is 8.17. The van der Waals surface area contributed by atoms with Gasteiger partial charge < -0.3 is 55.0 Å². The van der Waals surface area contributed by atoms with Crippen LogP contribution in [0.4, 0.5) is 4.79 Å². The first-order valence-electron chi connectivity index (χ1n) is 18.0. The average molecular weight is 816 g/mol. The Morgan fingerprint density at radius 1 is 0.661 bits per heavy atom. The highest BCUT2D eigenvalue weighted by Crippen LogP contribution is 2.15. The summed E-state index contributed by atoms with van der Waals surface area (Å²) >= 11 is 3.98. The Morgan fingerprint density at radius 3 is 1.80 bits per heavy atom. The Morgan fingerprint density at radius 2 is 1.25 bits per heavy atom. The third-order valence-electron chi connectivity index (χ3n) is 7.80. The van der Waals surface area contributed by atoms with Gasteiger partial charge in [-0.15, -0.1) is 0 Å². The molecular formula is C36H53N3O16S. The second-order valence-electron chi connectivity index (χ2n) is 12.3. The highest BCUT2D eigenvalue weighted by atomic mass is 32.1. The van der Waals surface area contributed by atoms with Crippen LogP contribution in [0.2, 0.25) is 0 Å². The number of ketones is 2. The number of nitrogens with one attached hydrogen (secondary N) is 3. The summed E-state index contributed by atoms with van der Waals surface area (Å²) in [7, 11) is 0. The van der Waals surface area contributed by atoms with E-state index in [0.717, 1.165) is 5.56 Å². The number of aliphatic carboxylic acids is 3. The highest BCUT2D eigenvalue weighted by molar-refractivity contribution is 7.80. The number of benzene rings is 1.